The maximum absolute atomic E-state index is 12.6. The van der Waals surface area contributed by atoms with Gasteiger partial charge in [0.1, 0.15) is 0 Å². The van der Waals surface area contributed by atoms with Crippen LogP contribution in [0.5, 0.6) is 0 Å². The van der Waals surface area contributed by atoms with E-state index in [1.165, 1.54) is 20.2 Å². The molecular weight excluding hydrogens is 400 g/mol. The van der Waals surface area contributed by atoms with Gasteiger partial charge in [-0.2, -0.15) is 5.10 Å². The minimum atomic E-state index is -3.63. The summed E-state index contributed by atoms with van der Waals surface area (Å²) < 4.78 is 28.1. The topological polar surface area (TPSA) is 84.3 Å². The van der Waals surface area contributed by atoms with Gasteiger partial charge in [0.25, 0.3) is 5.91 Å². The highest BCUT2D eigenvalue weighted by Gasteiger charge is 2.22. The Morgan fingerprint density at radius 3 is 2.50 bits per heavy atom. The van der Waals surface area contributed by atoms with Crippen LogP contribution in [0.2, 0.25) is 0 Å². The third-order valence-corrected chi connectivity index (χ3v) is 6.94. The summed E-state index contributed by atoms with van der Waals surface area (Å²) in [4.78, 5) is 12.8. The van der Waals surface area contributed by atoms with Crippen LogP contribution in [-0.2, 0) is 16.4 Å². The zero-order valence-corrected chi connectivity index (χ0v) is 18.4. The van der Waals surface area contributed by atoms with E-state index in [0.717, 1.165) is 21.1 Å². The van der Waals surface area contributed by atoms with Gasteiger partial charge in [0.15, 0.2) is 0 Å². The number of rotatable bonds is 7. The van der Waals surface area contributed by atoms with Crippen LogP contribution < -0.4 is 5.32 Å². The summed E-state index contributed by atoms with van der Waals surface area (Å²) in [6.45, 7) is 3.97. The third kappa shape index (κ3) is 4.60. The first-order chi connectivity index (χ1) is 14.2. The molecule has 7 nitrogen and oxygen atoms in total. The highest BCUT2D eigenvalue weighted by molar-refractivity contribution is 7.89. The lowest BCUT2D eigenvalue weighted by atomic mass is 10.1. The average Bonchev–Trinajstić information content (AvgIpc) is 3.19. The predicted octanol–water partition coefficient (Wildman–Crippen LogP) is 2.71. The SMILES string of the molecule is Cc1cc(C(=O)NCCc2cnn(-c3ccccc3)c2)cc(S(=O)(=O)N(C)C)c1C. The van der Waals surface area contributed by atoms with Gasteiger partial charge in [-0.05, 0) is 61.2 Å². The molecule has 0 fully saturated rings. The van der Waals surface area contributed by atoms with Crippen LogP contribution >= 0.6 is 0 Å². The summed E-state index contributed by atoms with van der Waals surface area (Å²) in [5.74, 6) is -0.302. The molecule has 3 rings (SSSR count). The first-order valence-electron chi connectivity index (χ1n) is 9.61. The van der Waals surface area contributed by atoms with E-state index in [1.54, 1.807) is 30.8 Å². The Bertz CT molecular complexity index is 1150. The molecule has 30 heavy (non-hydrogen) atoms. The fourth-order valence-corrected chi connectivity index (χ4v) is 4.27. The molecule has 3 aromatic rings. The van der Waals surface area contributed by atoms with Crippen molar-refractivity contribution in [3.05, 3.63) is 77.1 Å². The number of benzene rings is 2. The fourth-order valence-electron chi connectivity index (χ4n) is 3.06. The molecule has 0 aliphatic heterocycles. The molecule has 0 atom stereocenters. The second kappa shape index (κ2) is 8.81. The first kappa shape index (κ1) is 21.7. The van der Waals surface area contributed by atoms with E-state index in [4.69, 9.17) is 0 Å². The van der Waals surface area contributed by atoms with Crippen molar-refractivity contribution >= 4 is 15.9 Å². The zero-order chi connectivity index (χ0) is 21.9. The number of carbonyl (C=O) groups is 1. The van der Waals surface area contributed by atoms with Crippen molar-refractivity contribution in [1.29, 1.82) is 0 Å². The summed E-state index contributed by atoms with van der Waals surface area (Å²) in [6, 6.07) is 12.9. The van der Waals surface area contributed by atoms with Crippen molar-refractivity contribution in [1.82, 2.24) is 19.4 Å². The molecule has 1 aromatic heterocycles. The Labute approximate surface area is 177 Å². The highest BCUT2D eigenvalue weighted by Crippen LogP contribution is 2.23. The van der Waals surface area contributed by atoms with Crippen molar-refractivity contribution in [2.24, 2.45) is 0 Å². The summed E-state index contributed by atoms with van der Waals surface area (Å²) in [7, 11) is -0.674. The van der Waals surface area contributed by atoms with Gasteiger partial charge >= 0.3 is 0 Å². The molecule has 0 radical (unpaired) electrons. The Balaban J connectivity index is 1.69. The Kier molecular flexibility index (Phi) is 6.38. The molecule has 0 aliphatic rings. The van der Waals surface area contributed by atoms with Crippen LogP contribution in [0.4, 0.5) is 0 Å². The molecule has 0 saturated heterocycles. The number of para-hydroxylation sites is 1. The lowest BCUT2D eigenvalue weighted by Gasteiger charge is -2.16. The summed E-state index contributed by atoms with van der Waals surface area (Å²) >= 11 is 0. The van der Waals surface area contributed by atoms with E-state index in [2.05, 4.69) is 10.4 Å². The molecule has 1 N–H and O–H groups in total. The van der Waals surface area contributed by atoms with Gasteiger partial charge in [-0.1, -0.05) is 18.2 Å². The molecule has 2 aromatic carbocycles. The maximum atomic E-state index is 12.6. The quantitative estimate of drug-likeness (QED) is 0.630. The summed E-state index contributed by atoms with van der Waals surface area (Å²) in [6.07, 6.45) is 4.32. The lowest BCUT2D eigenvalue weighted by molar-refractivity contribution is 0.0954. The number of aromatic nitrogens is 2. The molecule has 8 heteroatoms. The Morgan fingerprint density at radius 1 is 1.13 bits per heavy atom. The number of hydrogen-bond donors (Lipinski definition) is 1. The highest BCUT2D eigenvalue weighted by atomic mass is 32.2. The maximum Gasteiger partial charge on any atom is 0.251 e. The Hall–Kier alpha value is -2.97. The fraction of sp³-hybridized carbons (Fsp3) is 0.273. The smallest absolute Gasteiger partial charge is 0.251 e. The largest absolute Gasteiger partial charge is 0.352 e. The monoisotopic (exact) mass is 426 g/mol. The molecule has 0 unspecified atom stereocenters. The van der Waals surface area contributed by atoms with Crippen molar-refractivity contribution in [2.45, 2.75) is 25.2 Å². The lowest BCUT2D eigenvalue weighted by Crippen LogP contribution is -2.27. The van der Waals surface area contributed by atoms with E-state index in [-0.39, 0.29) is 10.8 Å². The van der Waals surface area contributed by atoms with E-state index in [9.17, 15) is 13.2 Å². The minimum absolute atomic E-state index is 0.154. The van der Waals surface area contributed by atoms with Crippen LogP contribution in [0, 0.1) is 13.8 Å². The standard InChI is InChI=1S/C22H26N4O3S/c1-16-12-19(13-21(17(16)2)30(28,29)25(3)4)22(27)23-11-10-18-14-24-26(15-18)20-8-6-5-7-9-20/h5-9,12-15H,10-11H2,1-4H3,(H,23,27). The third-order valence-electron chi connectivity index (χ3n) is 5.00. The normalized spacial score (nSPS) is 11.6. The van der Waals surface area contributed by atoms with Crippen LogP contribution in [0.25, 0.3) is 5.69 Å². The molecule has 1 heterocycles. The second-order valence-corrected chi connectivity index (χ2v) is 9.46. The number of nitrogens with one attached hydrogen (secondary N) is 1. The van der Waals surface area contributed by atoms with Gasteiger partial charge in [-0.3, -0.25) is 4.79 Å². The van der Waals surface area contributed by atoms with E-state index >= 15 is 0 Å². The Morgan fingerprint density at radius 2 is 1.83 bits per heavy atom. The number of nitrogens with zero attached hydrogens (tertiary/aromatic N) is 3. The summed E-state index contributed by atoms with van der Waals surface area (Å²) in [5.41, 5.74) is 3.70. The van der Waals surface area contributed by atoms with E-state index < -0.39 is 10.0 Å². The van der Waals surface area contributed by atoms with Crippen molar-refractivity contribution in [2.75, 3.05) is 20.6 Å². The van der Waals surface area contributed by atoms with Crippen LogP contribution in [-0.4, -0.2) is 49.1 Å². The van der Waals surface area contributed by atoms with Gasteiger partial charge in [-0.15, -0.1) is 0 Å². The number of aryl methyl sites for hydroxylation is 1. The molecule has 0 saturated carbocycles. The van der Waals surface area contributed by atoms with Gasteiger partial charge in [0, 0.05) is 32.4 Å². The number of hydrogen-bond acceptors (Lipinski definition) is 4. The van der Waals surface area contributed by atoms with Crippen molar-refractivity contribution in [3.8, 4) is 5.69 Å². The van der Waals surface area contributed by atoms with Crippen LogP contribution in [0.15, 0.2) is 59.8 Å². The average molecular weight is 427 g/mol. The van der Waals surface area contributed by atoms with Gasteiger partial charge in [-0.25, -0.2) is 17.4 Å². The minimum Gasteiger partial charge on any atom is -0.352 e. The number of sulfonamides is 1. The summed E-state index contributed by atoms with van der Waals surface area (Å²) in [5, 5.41) is 7.22. The zero-order valence-electron chi connectivity index (χ0n) is 17.6. The second-order valence-electron chi connectivity index (χ2n) is 7.34. The molecule has 1 amide bonds. The van der Waals surface area contributed by atoms with Crippen LogP contribution in [0.3, 0.4) is 0 Å². The molecule has 158 valence electrons. The predicted molar refractivity (Wildman–Crippen MR) is 116 cm³/mol. The molecule has 0 aliphatic carbocycles. The van der Waals surface area contributed by atoms with Crippen molar-refractivity contribution in [3.63, 3.8) is 0 Å². The first-order valence-corrected chi connectivity index (χ1v) is 11.0. The molecule has 0 spiro atoms. The van der Waals surface area contributed by atoms with Crippen molar-refractivity contribution < 1.29 is 13.2 Å². The number of amides is 1. The number of carbonyl (C=O) groups excluding carboxylic acids is 1. The van der Waals surface area contributed by atoms with Gasteiger partial charge < -0.3 is 5.32 Å². The van der Waals surface area contributed by atoms with E-state index in [0.29, 0.717) is 24.1 Å². The van der Waals surface area contributed by atoms with Gasteiger partial charge in [0.2, 0.25) is 10.0 Å². The van der Waals surface area contributed by atoms with Gasteiger partial charge in [0.05, 0.1) is 16.8 Å². The molecule has 0 bridgehead atoms. The molecular formula is C22H26N4O3S. The van der Waals surface area contributed by atoms with Crippen LogP contribution in [0.1, 0.15) is 27.0 Å². The van der Waals surface area contributed by atoms with E-state index in [1.807, 2.05) is 36.5 Å².